The molecule has 0 fully saturated rings. The van der Waals surface area contributed by atoms with Crippen molar-refractivity contribution in [3.63, 3.8) is 0 Å². The lowest BCUT2D eigenvalue weighted by Gasteiger charge is -2.18. The van der Waals surface area contributed by atoms with Crippen LogP contribution in [0.15, 0.2) is 35.4 Å². The van der Waals surface area contributed by atoms with Crippen LogP contribution in [0.25, 0.3) is 0 Å². The summed E-state index contributed by atoms with van der Waals surface area (Å²) in [5.74, 6) is 1.64. The highest BCUT2D eigenvalue weighted by atomic mass is 32.2. The van der Waals surface area contributed by atoms with Crippen molar-refractivity contribution in [2.45, 2.75) is 31.2 Å². The second kappa shape index (κ2) is 6.16. The number of aromatic nitrogens is 2. The minimum absolute atomic E-state index is 0.0453. The highest BCUT2D eigenvalue weighted by Gasteiger charge is 2.23. The first-order chi connectivity index (χ1) is 10.6. The number of nitrogens with zero attached hydrogens (tertiary/aromatic N) is 3. The molecule has 0 N–H and O–H groups in total. The first-order valence-corrected chi connectivity index (χ1v) is 8.79. The van der Waals surface area contributed by atoms with Gasteiger partial charge in [-0.25, -0.2) is 4.98 Å². The second-order valence-electron chi connectivity index (χ2n) is 5.87. The van der Waals surface area contributed by atoms with Crippen molar-refractivity contribution in [2.75, 3.05) is 18.2 Å². The average Bonchev–Trinajstić information content (AvgIpc) is 2.96. The van der Waals surface area contributed by atoms with E-state index in [1.165, 1.54) is 0 Å². The van der Waals surface area contributed by atoms with Gasteiger partial charge >= 0.3 is 0 Å². The molecule has 4 nitrogen and oxygen atoms in total. The third-order valence-corrected chi connectivity index (χ3v) is 5.01. The lowest BCUT2D eigenvalue weighted by atomic mass is 10.0. The number of thioether (sulfide) groups is 1. The van der Waals surface area contributed by atoms with Crippen molar-refractivity contribution >= 4 is 23.4 Å². The van der Waals surface area contributed by atoms with E-state index in [-0.39, 0.29) is 5.91 Å². The lowest BCUT2D eigenvalue weighted by Crippen LogP contribution is -2.27. The second-order valence-corrected chi connectivity index (χ2v) is 6.72. The van der Waals surface area contributed by atoms with E-state index < -0.39 is 0 Å². The Morgan fingerprint density at radius 3 is 2.95 bits per heavy atom. The molecule has 1 unspecified atom stereocenters. The number of amides is 1. The third kappa shape index (κ3) is 2.77. The van der Waals surface area contributed by atoms with Crippen LogP contribution in [0.3, 0.4) is 0 Å². The van der Waals surface area contributed by atoms with E-state index in [1.54, 1.807) is 16.7 Å². The van der Waals surface area contributed by atoms with Gasteiger partial charge in [-0.1, -0.05) is 19.1 Å². The van der Waals surface area contributed by atoms with Gasteiger partial charge < -0.3 is 9.47 Å². The van der Waals surface area contributed by atoms with E-state index in [0.717, 1.165) is 35.8 Å². The van der Waals surface area contributed by atoms with Gasteiger partial charge in [-0.05, 0) is 30.7 Å². The Balaban J connectivity index is 1.87. The molecule has 1 atom stereocenters. The Labute approximate surface area is 135 Å². The highest BCUT2D eigenvalue weighted by molar-refractivity contribution is 7.98. The zero-order chi connectivity index (χ0) is 15.7. The standard InChI is InChI=1S/C17H21N3OS/c1-12-8-9-20-11-13(18-16(20)10-12)17(21)19(2)14-6-4-5-7-15(14)22-3/h4-7,11-12H,8-10H2,1-3H3. The van der Waals surface area contributed by atoms with Gasteiger partial charge in [0, 0.05) is 31.1 Å². The van der Waals surface area contributed by atoms with Crippen LogP contribution in [-0.2, 0) is 13.0 Å². The number of hydrogen-bond donors (Lipinski definition) is 0. The number of para-hydroxylation sites is 1. The maximum Gasteiger partial charge on any atom is 0.278 e. The van der Waals surface area contributed by atoms with Crippen LogP contribution in [0.5, 0.6) is 0 Å². The molecular formula is C17H21N3OS. The van der Waals surface area contributed by atoms with Crippen molar-refractivity contribution < 1.29 is 4.79 Å². The molecule has 0 saturated carbocycles. The van der Waals surface area contributed by atoms with Gasteiger partial charge in [0.25, 0.3) is 5.91 Å². The molecule has 2 aromatic rings. The van der Waals surface area contributed by atoms with Gasteiger partial charge in [-0.3, -0.25) is 4.79 Å². The Kier molecular flexibility index (Phi) is 4.25. The van der Waals surface area contributed by atoms with Gasteiger partial charge in [0.2, 0.25) is 0 Å². The molecule has 116 valence electrons. The van der Waals surface area contributed by atoms with E-state index in [1.807, 2.05) is 43.8 Å². The Bertz CT molecular complexity index is 695. The van der Waals surface area contributed by atoms with Crippen molar-refractivity contribution in [3.05, 3.63) is 42.0 Å². The SMILES string of the molecule is CSc1ccccc1N(C)C(=O)c1cn2c(n1)CC(C)CC2. The highest BCUT2D eigenvalue weighted by Crippen LogP contribution is 2.28. The summed E-state index contributed by atoms with van der Waals surface area (Å²) in [4.78, 5) is 20.1. The molecule has 1 aliphatic rings. The number of imidazole rings is 1. The van der Waals surface area contributed by atoms with E-state index in [0.29, 0.717) is 11.6 Å². The summed E-state index contributed by atoms with van der Waals surface area (Å²) in [6, 6.07) is 7.95. The fourth-order valence-corrected chi connectivity index (χ4v) is 3.50. The Morgan fingerprint density at radius 2 is 2.18 bits per heavy atom. The van der Waals surface area contributed by atoms with Crippen molar-refractivity contribution in [1.29, 1.82) is 0 Å². The van der Waals surface area contributed by atoms with Crippen LogP contribution >= 0.6 is 11.8 Å². The molecular weight excluding hydrogens is 294 g/mol. The summed E-state index contributed by atoms with van der Waals surface area (Å²) in [5.41, 5.74) is 1.47. The normalized spacial score (nSPS) is 17.1. The number of rotatable bonds is 3. The summed E-state index contributed by atoms with van der Waals surface area (Å²) in [6.45, 7) is 3.20. The largest absolute Gasteiger partial charge is 0.334 e. The number of carbonyl (C=O) groups excluding carboxylic acids is 1. The minimum atomic E-state index is -0.0453. The van der Waals surface area contributed by atoms with Gasteiger partial charge in [0.15, 0.2) is 0 Å². The summed E-state index contributed by atoms with van der Waals surface area (Å²) < 4.78 is 2.13. The molecule has 1 aliphatic heterocycles. The number of hydrogen-bond acceptors (Lipinski definition) is 3. The number of aryl methyl sites for hydroxylation is 1. The zero-order valence-electron chi connectivity index (χ0n) is 13.2. The van der Waals surface area contributed by atoms with E-state index in [4.69, 9.17) is 0 Å². The molecule has 3 rings (SSSR count). The van der Waals surface area contributed by atoms with Gasteiger partial charge in [-0.2, -0.15) is 0 Å². The fourth-order valence-electron chi connectivity index (χ4n) is 2.88. The van der Waals surface area contributed by atoms with Crippen LogP contribution in [0.4, 0.5) is 5.69 Å². The number of carbonyl (C=O) groups is 1. The maximum atomic E-state index is 12.8. The molecule has 1 aromatic carbocycles. The van der Waals surface area contributed by atoms with Crippen LogP contribution in [0, 0.1) is 5.92 Å². The fraction of sp³-hybridized carbons (Fsp3) is 0.412. The number of anilines is 1. The summed E-state index contributed by atoms with van der Waals surface area (Å²) in [6.07, 6.45) is 6.04. The smallest absolute Gasteiger partial charge is 0.278 e. The predicted octanol–water partition coefficient (Wildman–Crippen LogP) is 3.46. The molecule has 22 heavy (non-hydrogen) atoms. The molecule has 2 heterocycles. The van der Waals surface area contributed by atoms with Crippen molar-refractivity contribution in [1.82, 2.24) is 9.55 Å². The average molecular weight is 315 g/mol. The first kappa shape index (κ1) is 15.2. The number of fused-ring (bicyclic) bond motifs is 1. The third-order valence-electron chi connectivity index (χ3n) is 4.22. The molecule has 1 amide bonds. The monoisotopic (exact) mass is 315 g/mol. The molecule has 1 aromatic heterocycles. The quantitative estimate of drug-likeness (QED) is 0.814. The molecule has 0 bridgehead atoms. The Morgan fingerprint density at radius 1 is 1.41 bits per heavy atom. The van der Waals surface area contributed by atoms with Crippen LogP contribution in [-0.4, -0.2) is 28.8 Å². The molecule has 0 aliphatic carbocycles. The van der Waals surface area contributed by atoms with E-state index in [2.05, 4.69) is 16.5 Å². The lowest BCUT2D eigenvalue weighted by molar-refractivity contribution is 0.0988. The predicted molar refractivity (Wildman–Crippen MR) is 90.7 cm³/mol. The topological polar surface area (TPSA) is 38.1 Å². The van der Waals surface area contributed by atoms with Gasteiger partial charge in [-0.15, -0.1) is 11.8 Å². The van der Waals surface area contributed by atoms with Crippen LogP contribution in [0.1, 0.15) is 29.7 Å². The zero-order valence-corrected chi connectivity index (χ0v) is 14.1. The van der Waals surface area contributed by atoms with Crippen LogP contribution in [0.2, 0.25) is 0 Å². The first-order valence-electron chi connectivity index (χ1n) is 7.57. The van der Waals surface area contributed by atoms with Gasteiger partial charge in [0.05, 0.1) is 5.69 Å². The molecule has 0 radical (unpaired) electrons. The van der Waals surface area contributed by atoms with Gasteiger partial charge in [0.1, 0.15) is 11.5 Å². The summed E-state index contributed by atoms with van der Waals surface area (Å²) >= 11 is 1.64. The molecule has 0 spiro atoms. The Hall–Kier alpha value is -1.75. The maximum absolute atomic E-state index is 12.8. The van der Waals surface area contributed by atoms with E-state index >= 15 is 0 Å². The van der Waals surface area contributed by atoms with Crippen molar-refractivity contribution in [3.8, 4) is 0 Å². The summed E-state index contributed by atoms with van der Waals surface area (Å²) in [7, 11) is 1.82. The molecule has 0 saturated heterocycles. The van der Waals surface area contributed by atoms with E-state index in [9.17, 15) is 4.79 Å². The summed E-state index contributed by atoms with van der Waals surface area (Å²) in [5, 5.41) is 0. The van der Waals surface area contributed by atoms with Crippen LogP contribution < -0.4 is 4.90 Å². The molecule has 5 heteroatoms. The van der Waals surface area contributed by atoms with Crippen molar-refractivity contribution in [2.24, 2.45) is 5.92 Å². The minimum Gasteiger partial charge on any atom is -0.334 e. The number of benzene rings is 1.